The van der Waals surface area contributed by atoms with E-state index in [-0.39, 0.29) is 18.5 Å². The van der Waals surface area contributed by atoms with Crippen molar-refractivity contribution in [1.82, 2.24) is 24.1 Å². The van der Waals surface area contributed by atoms with E-state index in [1.807, 2.05) is 12.1 Å². The molecule has 0 N–H and O–H groups in total. The zero-order chi connectivity index (χ0) is 19.2. The number of hydrogen-bond acceptors (Lipinski definition) is 3. The van der Waals surface area contributed by atoms with Crippen LogP contribution in [-0.2, 0) is 6.18 Å². The lowest BCUT2D eigenvalue weighted by atomic mass is 10.1. The van der Waals surface area contributed by atoms with Gasteiger partial charge in [0.2, 0.25) is 0 Å². The third-order valence-electron chi connectivity index (χ3n) is 4.63. The molecular weight excluding hydrogens is 427 g/mol. The number of imidazole rings is 1. The van der Waals surface area contributed by atoms with Crippen molar-refractivity contribution >= 4 is 27.5 Å². The summed E-state index contributed by atoms with van der Waals surface area (Å²) in [6, 6.07) is 6.12. The van der Waals surface area contributed by atoms with Crippen LogP contribution in [0.2, 0.25) is 0 Å². The fourth-order valence-corrected chi connectivity index (χ4v) is 3.86. The van der Waals surface area contributed by atoms with Crippen LogP contribution in [0.15, 0.2) is 41.3 Å². The standard InChI is InChI=1S/C17H15BrF3N5O/c18-15-14(22-13-5-1-2-8-25(13)15)16(27)24-7-3-4-11(10-24)26-9-6-12(23-26)17(19,20)21/h1-2,5-6,8-9,11H,3-4,7,10H2. The van der Waals surface area contributed by atoms with Gasteiger partial charge in [0.15, 0.2) is 11.4 Å². The Hall–Kier alpha value is -2.36. The Morgan fingerprint density at radius 3 is 2.74 bits per heavy atom. The lowest BCUT2D eigenvalue weighted by Crippen LogP contribution is -2.41. The molecule has 10 heteroatoms. The average molecular weight is 442 g/mol. The Morgan fingerprint density at radius 2 is 2.04 bits per heavy atom. The number of piperidine rings is 1. The minimum atomic E-state index is -4.48. The number of halogens is 4. The highest BCUT2D eigenvalue weighted by molar-refractivity contribution is 9.10. The normalized spacial score (nSPS) is 18.2. The maximum atomic E-state index is 12.9. The molecule has 4 heterocycles. The highest BCUT2D eigenvalue weighted by Gasteiger charge is 2.35. The number of hydrogen-bond donors (Lipinski definition) is 0. The summed E-state index contributed by atoms with van der Waals surface area (Å²) in [7, 11) is 0. The lowest BCUT2D eigenvalue weighted by molar-refractivity contribution is -0.141. The second kappa shape index (κ2) is 6.66. The topological polar surface area (TPSA) is 55.4 Å². The predicted octanol–water partition coefficient (Wildman–Crippen LogP) is 3.79. The maximum Gasteiger partial charge on any atom is 0.435 e. The zero-order valence-corrected chi connectivity index (χ0v) is 15.6. The average Bonchev–Trinajstić information content (AvgIpc) is 3.27. The molecule has 4 rings (SSSR count). The predicted molar refractivity (Wildman–Crippen MR) is 94.3 cm³/mol. The van der Waals surface area contributed by atoms with E-state index in [4.69, 9.17) is 0 Å². The summed E-state index contributed by atoms with van der Waals surface area (Å²) in [5.74, 6) is -0.251. The highest BCUT2D eigenvalue weighted by atomic mass is 79.9. The quantitative estimate of drug-likeness (QED) is 0.607. The third kappa shape index (κ3) is 3.33. The highest BCUT2D eigenvalue weighted by Crippen LogP contribution is 2.30. The van der Waals surface area contributed by atoms with Gasteiger partial charge in [-0.2, -0.15) is 18.3 Å². The van der Waals surface area contributed by atoms with Gasteiger partial charge < -0.3 is 4.90 Å². The van der Waals surface area contributed by atoms with Crippen molar-refractivity contribution < 1.29 is 18.0 Å². The second-order valence-corrected chi connectivity index (χ2v) is 7.16. The molecule has 1 atom stereocenters. The number of fused-ring (bicyclic) bond motifs is 1. The summed E-state index contributed by atoms with van der Waals surface area (Å²) in [5, 5.41) is 3.65. The van der Waals surface area contributed by atoms with Gasteiger partial charge in [0.1, 0.15) is 10.3 Å². The lowest BCUT2D eigenvalue weighted by Gasteiger charge is -2.32. The van der Waals surface area contributed by atoms with Gasteiger partial charge in [0, 0.05) is 25.5 Å². The van der Waals surface area contributed by atoms with E-state index < -0.39 is 11.9 Å². The summed E-state index contributed by atoms with van der Waals surface area (Å²) in [5.41, 5.74) is 0.00974. The van der Waals surface area contributed by atoms with Crippen LogP contribution in [0.25, 0.3) is 5.65 Å². The monoisotopic (exact) mass is 441 g/mol. The fraction of sp³-hybridized carbons (Fsp3) is 0.353. The molecule has 0 aliphatic carbocycles. The molecule has 0 bridgehead atoms. The Bertz CT molecular complexity index is 996. The van der Waals surface area contributed by atoms with Gasteiger partial charge in [0.25, 0.3) is 5.91 Å². The largest absolute Gasteiger partial charge is 0.435 e. The maximum absolute atomic E-state index is 12.9. The number of pyridine rings is 1. The molecule has 6 nitrogen and oxygen atoms in total. The molecule has 1 aliphatic rings. The van der Waals surface area contributed by atoms with Gasteiger partial charge in [-0.05, 0) is 47.0 Å². The summed E-state index contributed by atoms with van der Waals surface area (Å²) in [6.07, 6.45) is -0.0125. The van der Waals surface area contributed by atoms with E-state index in [1.165, 1.54) is 10.9 Å². The molecule has 1 fully saturated rings. The number of nitrogens with zero attached hydrogens (tertiary/aromatic N) is 5. The molecule has 3 aromatic heterocycles. The summed E-state index contributed by atoms with van der Waals surface area (Å²) in [4.78, 5) is 18.9. The van der Waals surface area contributed by atoms with Gasteiger partial charge >= 0.3 is 6.18 Å². The molecule has 0 radical (unpaired) electrons. The van der Waals surface area contributed by atoms with Crippen LogP contribution < -0.4 is 0 Å². The van der Waals surface area contributed by atoms with E-state index in [1.54, 1.807) is 21.6 Å². The molecule has 1 aliphatic heterocycles. The second-order valence-electron chi connectivity index (χ2n) is 6.41. The Morgan fingerprint density at radius 1 is 1.22 bits per heavy atom. The Labute approximate surface area is 160 Å². The van der Waals surface area contributed by atoms with Gasteiger partial charge in [-0.15, -0.1) is 0 Å². The van der Waals surface area contributed by atoms with Crippen LogP contribution in [0.1, 0.15) is 35.1 Å². The van der Waals surface area contributed by atoms with E-state index in [0.29, 0.717) is 35.3 Å². The van der Waals surface area contributed by atoms with Gasteiger partial charge in [-0.3, -0.25) is 13.9 Å². The molecule has 142 valence electrons. The molecule has 27 heavy (non-hydrogen) atoms. The molecule has 0 saturated carbocycles. The van der Waals surface area contributed by atoms with Gasteiger partial charge in [0.05, 0.1) is 6.04 Å². The van der Waals surface area contributed by atoms with Crippen LogP contribution in [0, 0.1) is 0 Å². The number of rotatable bonds is 2. The molecular formula is C17H15BrF3N5O. The molecule has 1 saturated heterocycles. The van der Waals surface area contributed by atoms with Gasteiger partial charge in [-0.25, -0.2) is 4.98 Å². The van der Waals surface area contributed by atoms with Crippen molar-refractivity contribution in [1.29, 1.82) is 0 Å². The van der Waals surface area contributed by atoms with Crippen LogP contribution in [-0.4, -0.2) is 43.1 Å². The first-order valence-corrected chi connectivity index (χ1v) is 9.18. The van der Waals surface area contributed by atoms with Crippen molar-refractivity contribution in [2.24, 2.45) is 0 Å². The molecule has 1 amide bonds. The zero-order valence-electron chi connectivity index (χ0n) is 14.0. The first-order chi connectivity index (χ1) is 12.8. The number of aromatic nitrogens is 4. The summed E-state index contributed by atoms with van der Waals surface area (Å²) >= 11 is 3.41. The van der Waals surface area contributed by atoms with Gasteiger partial charge in [-0.1, -0.05) is 6.07 Å². The van der Waals surface area contributed by atoms with Crippen molar-refractivity contribution in [3.8, 4) is 0 Å². The SMILES string of the molecule is O=C(c1nc2ccccn2c1Br)N1CCCC(n2ccc(C(F)(F)F)n2)C1. The van der Waals surface area contributed by atoms with Crippen molar-refractivity contribution in [2.75, 3.05) is 13.1 Å². The Kier molecular flexibility index (Phi) is 4.45. The van der Waals surface area contributed by atoms with Crippen molar-refractivity contribution in [2.45, 2.75) is 25.1 Å². The fourth-order valence-electron chi connectivity index (χ4n) is 3.30. The van der Waals surface area contributed by atoms with Crippen molar-refractivity contribution in [3.63, 3.8) is 0 Å². The van der Waals surface area contributed by atoms with Crippen LogP contribution in [0.5, 0.6) is 0 Å². The smallest absolute Gasteiger partial charge is 0.335 e. The Balaban J connectivity index is 1.56. The molecule has 3 aromatic rings. The van der Waals surface area contributed by atoms with E-state index >= 15 is 0 Å². The van der Waals surface area contributed by atoms with E-state index in [9.17, 15) is 18.0 Å². The first-order valence-electron chi connectivity index (χ1n) is 8.39. The third-order valence-corrected chi connectivity index (χ3v) is 5.39. The van der Waals surface area contributed by atoms with Crippen LogP contribution in [0.3, 0.4) is 0 Å². The number of alkyl halides is 3. The summed E-state index contributed by atoms with van der Waals surface area (Å²) in [6.45, 7) is 0.821. The number of amides is 1. The minimum absolute atomic E-state index is 0.251. The molecule has 0 aromatic carbocycles. The number of carbonyl (C=O) groups is 1. The molecule has 0 spiro atoms. The minimum Gasteiger partial charge on any atom is -0.335 e. The number of likely N-dealkylation sites (tertiary alicyclic amines) is 1. The summed E-state index contributed by atoms with van der Waals surface area (Å²) < 4.78 is 42.0. The molecule has 1 unspecified atom stereocenters. The van der Waals surface area contributed by atoms with E-state index in [0.717, 1.165) is 6.07 Å². The van der Waals surface area contributed by atoms with E-state index in [2.05, 4.69) is 26.0 Å². The number of carbonyl (C=O) groups excluding carboxylic acids is 1. The van der Waals surface area contributed by atoms with Crippen molar-refractivity contribution in [3.05, 3.63) is 52.7 Å². The van der Waals surface area contributed by atoms with Crippen LogP contribution >= 0.6 is 15.9 Å². The van der Waals surface area contributed by atoms with Crippen LogP contribution in [0.4, 0.5) is 13.2 Å². The first kappa shape index (κ1) is 18.0.